The third-order valence-corrected chi connectivity index (χ3v) is 5.12. The predicted octanol–water partition coefficient (Wildman–Crippen LogP) is 6.21. The Balaban J connectivity index is 1.20. The molecule has 0 fully saturated rings. The van der Waals surface area contributed by atoms with Gasteiger partial charge < -0.3 is 9.72 Å². The van der Waals surface area contributed by atoms with Gasteiger partial charge in [0, 0.05) is 23.3 Å². The van der Waals surface area contributed by atoms with Crippen LogP contribution in [0.3, 0.4) is 0 Å². The quantitative estimate of drug-likeness (QED) is 0.330. The largest absolute Gasteiger partial charge is 0.487 e. The van der Waals surface area contributed by atoms with Crippen molar-refractivity contribution in [1.82, 2.24) is 20.2 Å². The first-order valence-electron chi connectivity index (χ1n) is 10.4. The fraction of sp³-hybridized carbons (Fsp3) is 0.0370. The lowest BCUT2D eigenvalue weighted by Gasteiger charge is -2.05. The second kappa shape index (κ2) is 9.18. The van der Waals surface area contributed by atoms with Crippen molar-refractivity contribution in [1.29, 1.82) is 0 Å². The highest BCUT2D eigenvalue weighted by molar-refractivity contribution is 5.91. The minimum atomic E-state index is 0.456. The van der Waals surface area contributed by atoms with Gasteiger partial charge in [-0.05, 0) is 59.7 Å². The van der Waals surface area contributed by atoms with E-state index in [0.717, 1.165) is 39.5 Å². The maximum Gasteiger partial charge on any atom is 0.130 e. The van der Waals surface area contributed by atoms with Gasteiger partial charge in [-0.1, -0.05) is 48.6 Å². The summed E-state index contributed by atoms with van der Waals surface area (Å²) in [5.41, 5.74) is 6.09. The lowest BCUT2D eigenvalue weighted by Crippen LogP contribution is -1.97. The van der Waals surface area contributed by atoms with Crippen molar-refractivity contribution in [2.45, 2.75) is 6.61 Å². The third kappa shape index (κ3) is 4.68. The van der Waals surface area contributed by atoms with Crippen LogP contribution in [0.1, 0.15) is 28.2 Å². The minimum absolute atomic E-state index is 0.456. The monoisotopic (exact) mass is 418 g/mol. The second-order valence-electron chi connectivity index (χ2n) is 7.38. The number of nitrogens with zero attached hydrogens (tertiary/aromatic N) is 2. The number of aromatic amines is 2. The number of hydrogen-bond acceptors (Lipinski definition) is 3. The standard InChI is InChI=1S/C27H22N4O/c1-2-7-27-26(6-1)21(18-29-27)11-13-23-17-22(30-31-23)12-8-20-9-14-25(15-10-20)32-19-24-5-3-4-16-28-24/h1-18,29H,19H2,(H,30,31)/b12-8+,13-11+. The number of aromatic nitrogens is 4. The van der Waals surface area contributed by atoms with Gasteiger partial charge in [-0.25, -0.2) is 0 Å². The number of ether oxygens (including phenoxy) is 1. The van der Waals surface area contributed by atoms with Crippen LogP contribution in [-0.4, -0.2) is 20.2 Å². The van der Waals surface area contributed by atoms with Gasteiger partial charge in [-0.3, -0.25) is 10.1 Å². The van der Waals surface area contributed by atoms with E-state index in [2.05, 4.69) is 38.4 Å². The van der Waals surface area contributed by atoms with Gasteiger partial charge in [0.15, 0.2) is 0 Å². The van der Waals surface area contributed by atoms with Crippen LogP contribution >= 0.6 is 0 Å². The molecule has 0 amide bonds. The third-order valence-electron chi connectivity index (χ3n) is 5.12. The van der Waals surface area contributed by atoms with Crippen molar-refractivity contribution in [3.8, 4) is 5.75 Å². The molecule has 0 atom stereocenters. The van der Waals surface area contributed by atoms with E-state index in [1.54, 1.807) is 6.20 Å². The molecule has 5 rings (SSSR count). The van der Waals surface area contributed by atoms with Gasteiger partial charge in [0.2, 0.25) is 0 Å². The molecular weight excluding hydrogens is 396 g/mol. The predicted molar refractivity (Wildman–Crippen MR) is 130 cm³/mol. The molecule has 5 nitrogen and oxygen atoms in total. The van der Waals surface area contributed by atoms with Crippen LogP contribution in [0.25, 0.3) is 35.2 Å². The molecule has 0 aliphatic carbocycles. The molecule has 5 aromatic rings. The van der Waals surface area contributed by atoms with Crippen molar-refractivity contribution < 1.29 is 4.74 Å². The molecule has 3 aromatic heterocycles. The maximum absolute atomic E-state index is 5.78. The number of benzene rings is 2. The van der Waals surface area contributed by atoms with Crippen LogP contribution < -0.4 is 4.74 Å². The van der Waals surface area contributed by atoms with Crippen LogP contribution in [-0.2, 0) is 6.61 Å². The van der Waals surface area contributed by atoms with Crippen molar-refractivity contribution in [2.24, 2.45) is 0 Å². The number of H-pyrrole nitrogens is 2. The Morgan fingerprint density at radius 1 is 0.844 bits per heavy atom. The highest BCUT2D eigenvalue weighted by Gasteiger charge is 2.00. The zero-order valence-corrected chi connectivity index (χ0v) is 17.4. The first-order valence-corrected chi connectivity index (χ1v) is 10.4. The molecule has 3 heterocycles. The highest BCUT2D eigenvalue weighted by Crippen LogP contribution is 2.20. The summed E-state index contributed by atoms with van der Waals surface area (Å²) in [6.45, 7) is 0.456. The fourth-order valence-corrected chi connectivity index (χ4v) is 3.43. The first-order chi connectivity index (χ1) is 15.8. The Bertz CT molecular complexity index is 1360. The summed E-state index contributed by atoms with van der Waals surface area (Å²) < 4.78 is 5.78. The van der Waals surface area contributed by atoms with E-state index >= 15 is 0 Å². The Morgan fingerprint density at radius 3 is 2.59 bits per heavy atom. The van der Waals surface area contributed by atoms with Crippen LogP contribution in [0.15, 0.2) is 85.2 Å². The van der Waals surface area contributed by atoms with Crippen molar-refractivity contribution >= 4 is 35.2 Å². The number of fused-ring (bicyclic) bond motifs is 1. The topological polar surface area (TPSA) is 66.6 Å². The van der Waals surface area contributed by atoms with Crippen LogP contribution in [0.2, 0.25) is 0 Å². The Morgan fingerprint density at radius 2 is 1.72 bits per heavy atom. The highest BCUT2D eigenvalue weighted by atomic mass is 16.5. The normalized spacial score (nSPS) is 11.6. The van der Waals surface area contributed by atoms with E-state index in [9.17, 15) is 0 Å². The van der Waals surface area contributed by atoms with Crippen molar-refractivity contribution in [2.75, 3.05) is 0 Å². The molecule has 156 valence electrons. The SMILES string of the molecule is C(=C\c1cc(/C=C/c2c[nH]c3ccccc23)[nH]n1)/c1ccc(OCc2ccccn2)cc1. The van der Waals surface area contributed by atoms with Crippen LogP contribution in [0, 0.1) is 0 Å². The Kier molecular flexibility index (Phi) is 5.62. The lowest BCUT2D eigenvalue weighted by atomic mass is 10.1. The average molecular weight is 419 g/mol. The molecule has 0 saturated heterocycles. The van der Waals surface area contributed by atoms with E-state index in [1.807, 2.05) is 85.1 Å². The second-order valence-corrected chi connectivity index (χ2v) is 7.38. The van der Waals surface area contributed by atoms with Gasteiger partial charge in [-0.2, -0.15) is 5.10 Å². The summed E-state index contributed by atoms with van der Waals surface area (Å²) >= 11 is 0. The Labute approximate surface area is 186 Å². The lowest BCUT2D eigenvalue weighted by molar-refractivity contribution is 0.301. The van der Waals surface area contributed by atoms with Gasteiger partial charge in [-0.15, -0.1) is 0 Å². The molecule has 0 bridgehead atoms. The summed E-state index contributed by atoms with van der Waals surface area (Å²) in [5, 5.41) is 8.65. The van der Waals surface area contributed by atoms with E-state index < -0.39 is 0 Å². The molecule has 0 aliphatic heterocycles. The number of hydrogen-bond donors (Lipinski definition) is 2. The van der Waals surface area contributed by atoms with Gasteiger partial charge in [0.1, 0.15) is 12.4 Å². The van der Waals surface area contributed by atoms with Gasteiger partial charge in [0.05, 0.1) is 17.1 Å². The molecule has 0 saturated carbocycles. The molecule has 32 heavy (non-hydrogen) atoms. The summed E-state index contributed by atoms with van der Waals surface area (Å²) in [6, 6.07) is 24.1. The van der Waals surface area contributed by atoms with Crippen molar-refractivity contribution in [3.05, 3.63) is 113 Å². The van der Waals surface area contributed by atoms with E-state index in [1.165, 1.54) is 5.39 Å². The summed E-state index contributed by atoms with van der Waals surface area (Å²) in [4.78, 5) is 7.55. The molecule has 5 heteroatoms. The van der Waals surface area contributed by atoms with Crippen LogP contribution in [0.4, 0.5) is 0 Å². The minimum Gasteiger partial charge on any atom is -0.487 e. The maximum atomic E-state index is 5.78. The van der Waals surface area contributed by atoms with Crippen molar-refractivity contribution in [3.63, 3.8) is 0 Å². The summed E-state index contributed by atoms with van der Waals surface area (Å²) in [5.74, 6) is 0.817. The van der Waals surface area contributed by atoms with E-state index in [0.29, 0.717) is 6.61 Å². The fourth-order valence-electron chi connectivity index (χ4n) is 3.43. The van der Waals surface area contributed by atoms with Gasteiger partial charge >= 0.3 is 0 Å². The zero-order chi connectivity index (χ0) is 21.6. The first kappa shape index (κ1) is 19.6. The van der Waals surface area contributed by atoms with E-state index in [4.69, 9.17) is 4.74 Å². The molecular formula is C27H22N4O. The molecule has 0 aliphatic rings. The average Bonchev–Trinajstić information content (AvgIpc) is 3.48. The number of pyridine rings is 1. The number of rotatable bonds is 7. The smallest absolute Gasteiger partial charge is 0.130 e. The van der Waals surface area contributed by atoms with E-state index in [-0.39, 0.29) is 0 Å². The summed E-state index contributed by atoms with van der Waals surface area (Å²) in [6.07, 6.45) is 11.9. The summed E-state index contributed by atoms with van der Waals surface area (Å²) in [7, 11) is 0. The van der Waals surface area contributed by atoms with Gasteiger partial charge in [0.25, 0.3) is 0 Å². The molecule has 2 N–H and O–H groups in total. The molecule has 0 unspecified atom stereocenters. The number of nitrogens with one attached hydrogen (secondary N) is 2. The zero-order valence-electron chi connectivity index (χ0n) is 17.4. The number of para-hydroxylation sites is 1. The molecule has 2 aromatic carbocycles. The molecule has 0 spiro atoms. The molecule has 0 radical (unpaired) electrons. The van der Waals surface area contributed by atoms with Crippen LogP contribution in [0.5, 0.6) is 5.75 Å². The Hall–Kier alpha value is -4.38.